The number of aliphatic hydroxyl groups is 2. The molecule has 0 heterocycles. The van der Waals surface area contributed by atoms with E-state index in [1.807, 2.05) is 0 Å². The molecule has 0 aliphatic heterocycles. The lowest BCUT2D eigenvalue weighted by Gasteiger charge is -2.32. The molecule has 2 aromatic rings. The largest absolute Gasteiger partial charge is 0.449 e. The summed E-state index contributed by atoms with van der Waals surface area (Å²) in [5.41, 5.74) is 0.674. The Kier molecular flexibility index (Phi) is 12.1. The smallest absolute Gasteiger partial charge is 0.409 e. The minimum absolute atomic E-state index is 0. The summed E-state index contributed by atoms with van der Waals surface area (Å²) in [7, 11) is -2.52. The van der Waals surface area contributed by atoms with Crippen LogP contribution >= 0.6 is 23.2 Å². The molecule has 11 heteroatoms. The number of likely N-dealkylation sites (N-methyl/N-ethyl adjacent to an activating group) is 1. The standard InChI is InChI=1S/C22H28Cl2N2O6S.CH4/c1-16(4-3-13-32-22(29)25(2)11-12-27)26(21-14-19(24)6-5-17(21)15-28)33(30,31)20-9-7-18(23)8-10-20;/h5-10,14,16,27-28H,3-4,11-13,15H2,1-2H3;1H4/t16-;/m1./s1. The molecule has 0 radical (unpaired) electrons. The molecule has 0 bridgehead atoms. The van der Waals surface area contributed by atoms with E-state index in [-0.39, 0.29) is 44.4 Å². The highest BCUT2D eigenvalue weighted by atomic mass is 35.5. The molecule has 1 atom stereocenters. The molecule has 2 N–H and O–H groups in total. The highest BCUT2D eigenvalue weighted by Gasteiger charge is 2.31. The van der Waals surface area contributed by atoms with Crippen LogP contribution in [0.15, 0.2) is 47.4 Å². The van der Waals surface area contributed by atoms with Crippen LogP contribution < -0.4 is 4.31 Å². The van der Waals surface area contributed by atoms with E-state index in [1.165, 1.54) is 46.6 Å². The number of ether oxygens (including phenoxy) is 1. The summed E-state index contributed by atoms with van der Waals surface area (Å²) in [5, 5.41) is 19.5. The van der Waals surface area contributed by atoms with Gasteiger partial charge < -0.3 is 19.8 Å². The number of rotatable bonds is 11. The van der Waals surface area contributed by atoms with Gasteiger partial charge in [0.1, 0.15) is 0 Å². The molecule has 0 saturated carbocycles. The quantitative estimate of drug-likeness (QED) is 0.409. The predicted octanol–water partition coefficient (Wildman–Crippen LogP) is 4.55. The number of aliphatic hydroxyl groups excluding tert-OH is 2. The maximum atomic E-state index is 13.6. The van der Waals surface area contributed by atoms with Gasteiger partial charge in [-0.1, -0.05) is 36.7 Å². The average Bonchev–Trinajstić information content (AvgIpc) is 2.77. The Balaban J connectivity index is 0.00000578. The molecule has 0 aliphatic carbocycles. The summed E-state index contributed by atoms with van der Waals surface area (Å²) in [4.78, 5) is 13.2. The van der Waals surface area contributed by atoms with Gasteiger partial charge >= 0.3 is 6.09 Å². The van der Waals surface area contributed by atoms with E-state index in [1.54, 1.807) is 19.1 Å². The van der Waals surface area contributed by atoms with Crippen LogP contribution in [0.3, 0.4) is 0 Å². The van der Waals surface area contributed by atoms with E-state index in [2.05, 4.69) is 0 Å². The normalized spacial score (nSPS) is 11.9. The summed E-state index contributed by atoms with van der Waals surface area (Å²) in [6.45, 7) is 1.42. The molecule has 0 fully saturated rings. The van der Waals surface area contributed by atoms with Crippen molar-refractivity contribution >= 4 is 45.0 Å². The number of hydrogen-bond acceptors (Lipinski definition) is 6. The van der Waals surface area contributed by atoms with Gasteiger partial charge in [-0.25, -0.2) is 13.2 Å². The SMILES string of the molecule is C.C[C@H](CCCOC(=O)N(C)CCO)N(c1cc(Cl)ccc1CO)S(=O)(=O)c1ccc(Cl)cc1. The van der Waals surface area contributed by atoms with Gasteiger partial charge in [0, 0.05) is 35.2 Å². The third kappa shape index (κ3) is 7.74. The van der Waals surface area contributed by atoms with Crippen molar-refractivity contribution in [3.05, 3.63) is 58.1 Å². The lowest BCUT2D eigenvalue weighted by molar-refractivity contribution is 0.102. The lowest BCUT2D eigenvalue weighted by atomic mass is 10.1. The van der Waals surface area contributed by atoms with Crippen LogP contribution in [-0.2, 0) is 21.4 Å². The van der Waals surface area contributed by atoms with Crippen molar-refractivity contribution in [1.82, 2.24) is 4.90 Å². The molecule has 2 rings (SSSR count). The van der Waals surface area contributed by atoms with E-state index in [0.29, 0.717) is 28.5 Å². The number of anilines is 1. The van der Waals surface area contributed by atoms with Crippen molar-refractivity contribution < 1.29 is 28.2 Å². The van der Waals surface area contributed by atoms with Gasteiger partial charge in [0.05, 0.1) is 30.4 Å². The summed E-state index contributed by atoms with van der Waals surface area (Å²) in [6, 6.07) is 9.92. The fraction of sp³-hybridized carbons (Fsp3) is 0.435. The van der Waals surface area contributed by atoms with Crippen LogP contribution in [-0.4, -0.2) is 62.5 Å². The summed E-state index contributed by atoms with van der Waals surface area (Å²) in [5.74, 6) is 0. The van der Waals surface area contributed by atoms with Crippen LogP contribution in [0.2, 0.25) is 10.0 Å². The molecule has 2 aromatic carbocycles. The molecule has 0 spiro atoms. The maximum absolute atomic E-state index is 13.6. The van der Waals surface area contributed by atoms with Crippen LogP contribution in [0.4, 0.5) is 10.5 Å². The zero-order valence-corrected chi connectivity index (χ0v) is 20.8. The number of amides is 1. The van der Waals surface area contributed by atoms with Crippen molar-refractivity contribution in [3.63, 3.8) is 0 Å². The fourth-order valence-corrected chi connectivity index (χ4v) is 5.21. The molecule has 0 saturated heterocycles. The van der Waals surface area contributed by atoms with E-state index in [4.69, 9.17) is 33.0 Å². The number of benzene rings is 2. The van der Waals surface area contributed by atoms with Crippen LogP contribution in [0, 0.1) is 0 Å². The highest BCUT2D eigenvalue weighted by molar-refractivity contribution is 7.92. The molecule has 0 aromatic heterocycles. The minimum Gasteiger partial charge on any atom is -0.449 e. The Hall–Kier alpha value is -2.04. The lowest BCUT2D eigenvalue weighted by Crippen LogP contribution is -2.39. The van der Waals surface area contributed by atoms with Crippen molar-refractivity contribution in [2.24, 2.45) is 0 Å². The molecule has 190 valence electrons. The van der Waals surface area contributed by atoms with Crippen molar-refractivity contribution in [2.75, 3.05) is 31.1 Å². The number of nitrogens with zero attached hydrogens (tertiary/aromatic N) is 2. The number of hydrogen-bond donors (Lipinski definition) is 2. The molecule has 8 nitrogen and oxygen atoms in total. The van der Waals surface area contributed by atoms with Gasteiger partial charge in [0.25, 0.3) is 10.0 Å². The Labute approximate surface area is 211 Å². The monoisotopic (exact) mass is 534 g/mol. The second-order valence-electron chi connectivity index (χ2n) is 7.44. The molecular weight excluding hydrogens is 503 g/mol. The van der Waals surface area contributed by atoms with Crippen LogP contribution in [0.25, 0.3) is 0 Å². The third-order valence-corrected chi connectivity index (χ3v) is 7.39. The molecule has 0 unspecified atom stereocenters. The van der Waals surface area contributed by atoms with Gasteiger partial charge in [-0.05, 0) is 56.2 Å². The van der Waals surface area contributed by atoms with Crippen LogP contribution in [0.1, 0.15) is 32.8 Å². The third-order valence-electron chi connectivity index (χ3n) is 4.96. The molecular formula is C23H32Cl2N2O6S. The number of carbonyl (C=O) groups is 1. The summed E-state index contributed by atoms with van der Waals surface area (Å²) in [6.07, 6.45) is 0.183. The van der Waals surface area contributed by atoms with Crippen molar-refractivity contribution in [1.29, 1.82) is 0 Å². The Morgan fingerprint density at radius 3 is 2.29 bits per heavy atom. The Morgan fingerprint density at radius 2 is 1.71 bits per heavy atom. The molecule has 1 amide bonds. The number of halogens is 2. The van der Waals surface area contributed by atoms with Gasteiger partial charge in [-0.3, -0.25) is 4.31 Å². The van der Waals surface area contributed by atoms with Gasteiger partial charge in [0.2, 0.25) is 0 Å². The number of sulfonamides is 1. The number of carbonyl (C=O) groups excluding carboxylic acids is 1. The van der Waals surface area contributed by atoms with Crippen molar-refractivity contribution in [2.45, 2.75) is 44.7 Å². The second kappa shape index (κ2) is 13.7. The van der Waals surface area contributed by atoms with E-state index < -0.39 is 22.2 Å². The van der Waals surface area contributed by atoms with Gasteiger partial charge in [0.15, 0.2) is 0 Å². The molecule has 34 heavy (non-hydrogen) atoms. The Morgan fingerprint density at radius 1 is 1.09 bits per heavy atom. The first kappa shape index (κ1) is 30.0. The van der Waals surface area contributed by atoms with E-state index in [9.17, 15) is 18.3 Å². The van der Waals surface area contributed by atoms with Gasteiger partial charge in [-0.2, -0.15) is 0 Å². The maximum Gasteiger partial charge on any atom is 0.409 e. The Bertz CT molecular complexity index is 1030. The molecule has 0 aliphatic rings. The summed E-state index contributed by atoms with van der Waals surface area (Å²) >= 11 is 12.1. The highest BCUT2D eigenvalue weighted by Crippen LogP contribution is 2.33. The predicted molar refractivity (Wildman–Crippen MR) is 135 cm³/mol. The first-order chi connectivity index (χ1) is 15.6. The van der Waals surface area contributed by atoms with Crippen LogP contribution in [0.5, 0.6) is 0 Å². The zero-order chi connectivity index (χ0) is 24.6. The zero-order valence-electron chi connectivity index (χ0n) is 18.4. The van der Waals surface area contributed by atoms with Gasteiger partial charge in [-0.15, -0.1) is 0 Å². The summed E-state index contributed by atoms with van der Waals surface area (Å²) < 4.78 is 33.6. The average molecular weight is 535 g/mol. The fourth-order valence-electron chi connectivity index (χ4n) is 3.21. The first-order valence-electron chi connectivity index (χ1n) is 10.3. The second-order valence-corrected chi connectivity index (χ2v) is 10.1. The van der Waals surface area contributed by atoms with E-state index >= 15 is 0 Å². The first-order valence-corrected chi connectivity index (χ1v) is 12.5. The topological polar surface area (TPSA) is 107 Å². The minimum atomic E-state index is -4.03. The van der Waals surface area contributed by atoms with Crippen molar-refractivity contribution in [3.8, 4) is 0 Å². The van der Waals surface area contributed by atoms with E-state index in [0.717, 1.165) is 0 Å².